The fraction of sp³-hybridized carbons (Fsp3) is 0.200. The van der Waals surface area contributed by atoms with Crippen LogP contribution in [0.5, 0.6) is 0 Å². The highest BCUT2D eigenvalue weighted by Gasteiger charge is 1.89. The molecule has 0 atom stereocenters. The molecule has 0 fully saturated rings. The van der Waals surface area contributed by atoms with Crippen molar-refractivity contribution in [3.8, 4) is 0 Å². The topological polar surface area (TPSA) is 0 Å². The number of rotatable bonds is 3. The summed E-state index contributed by atoms with van der Waals surface area (Å²) in [6.07, 6.45) is 4.14. The maximum atomic E-state index is 5.70. The number of hydrogen-bond donors (Lipinski definition) is 0. The summed E-state index contributed by atoms with van der Waals surface area (Å²) in [5.74, 6) is 0.579. The molecule has 0 heterocycles. The van der Waals surface area contributed by atoms with Gasteiger partial charge in [0.15, 0.2) is 0 Å². The van der Waals surface area contributed by atoms with Gasteiger partial charge in [-0.3, -0.25) is 0 Å². The summed E-state index contributed by atoms with van der Waals surface area (Å²) >= 11 is 9.03. The molecule has 64 valence electrons. The fourth-order valence-electron chi connectivity index (χ4n) is 0.961. The first kappa shape index (κ1) is 9.82. The van der Waals surface area contributed by atoms with Gasteiger partial charge in [0.2, 0.25) is 0 Å². The molecule has 0 radical (unpaired) electrons. The summed E-state index contributed by atoms with van der Waals surface area (Å²) in [5, 5.41) is 0.887. The molecule has 0 aliphatic rings. The molecule has 0 aliphatic heterocycles. The van der Waals surface area contributed by atoms with E-state index in [9.17, 15) is 0 Å². The minimum Gasteiger partial charge on any atom is -0.122 e. The highest BCUT2D eigenvalue weighted by molar-refractivity contribution is 9.09. The number of hydrogen-bond acceptors (Lipinski definition) is 0. The van der Waals surface area contributed by atoms with Crippen molar-refractivity contribution in [2.75, 3.05) is 5.33 Å². The normalized spacial score (nSPS) is 10.8. The summed E-state index contributed by atoms with van der Waals surface area (Å²) in [4.78, 5) is 0. The third kappa shape index (κ3) is 3.00. The number of halogens is 2. The predicted molar refractivity (Wildman–Crippen MR) is 58.8 cm³/mol. The van der Waals surface area contributed by atoms with Gasteiger partial charge in [-0.15, -0.1) is 11.6 Å². The summed E-state index contributed by atoms with van der Waals surface area (Å²) in [6, 6.07) is 8.20. The van der Waals surface area contributed by atoms with Gasteiger partial charge in [-0.25, -0.2) is 0 Å². The van der Waals surface area contributed by atoms with E-state index in [0.29, 0.717) is 5.88 Å². The second-order valence-electron chi connectivity index (χ2n) is 2.44. The van der Waals surface area contributed by atoms with Crippen molar-refractivity contribution >= 4 is 33.6 Å². The van der Waals surface area contributed by atoms with Crippen LogP contribution in [-0.4, -0.2) is 5.33 Å². The highest BCUT2D eigenvalue weighted by Crippen LogP contribution is 2.09. The van der Waals surface area contributed by atoms with Crippen LogP contribution in [0.2, 0.25) is 0 Å². The maximum absolute atomic E-state index is 5.70. The van der Waals surface area contributed by atoms with Crippen LogP contribution in [0.4, 0.5) is 0 Å². The Morgan fingerprint density at radius 3 is 2.92 bits per heavy atom. The van der Waals surface area contributed by atoms with Gasteiger partial charge in [0.05, 0.1) is 0 Å². The van der Waals surface area contributed by atoms with Crippen LogP contribution in [0.15, 0.2) is 30.3 Å². The van der Waals surface area contributed by atoms with E-state index in [-0.39, 0.29) is 0 Å². The van der Waals surface area contributed by atoms with E-state index >= 15 is 0 Å². The van der Waals surface area contributed by atoms with Crippen molar-refractivity contribution in [1.82, 2.24) is 0 Å². The van der Waals surface area contributed by atoms with Gasteiger partial charge < -0.3 is 0 Å². The van der Waals surface area contributed by atoms with Crippen molar-refractivity contribution in [2.24, 2.45) is 0 Å². The number of allylic oxidation sites excluding steroid dienone is 1. The van der Waals surface area contributed by atoms with E-state index in [2.05, 4.69) is 40.2 Å². The molecule has 1 aromatic carbocycles. The van der Waals surface area contributed by atoms with Crippen molar-refractivity contribution in [1.29, 1.82) is 0 Å². The van der Waals surface area contributed by atoms with Crippen LogP contribution in [-0.2, 0) is 5.88 Å². The first-order valence-electron chi connectivity index (χ1n) is 3.74. The van der Waals surface area contributed by atoms with Crippen molar-refractivity contribution in [3.05, 3.63) is 41.5 Å². The summed E-state index contributed by atoms with van der Waals surface area (Å²) in [5.41, 5.74) is 2.36. The molecule has 0 nitrogen and oxygen atoms in total. The Bertz CT molecular complexity index is 268. The Hall–Kier alpha value is -0.270. The predicted octanol–water partition coefficient (Wildman–Crippen LogP) is 3.83. The molecular weight excluding hydrogens is 235 g/mol. The molecule has 1 aromatic rings. The molecular formula is C10H10BrCl. The van der Waals surface area contributed by atoms with E-state index in [0.717, 1.165) is 10.9 Å². The Morgan fingerprint density at radius 1 is 1.42 bits per heavy atom. The van der Waals surface area contributed by atoms with Gasteiger partial charge in [-0.05, 0) is 11.1 Å². The smallest absolute Gasteiger partial charge is 0.0474 e. The summed E-state index contributed by atoms with van der Waals surface area (Å²) in [6.45, 7) is 0. The van der Waals surface area contributed by atoms with Crippen LogP contribution < -0.4 is 0 Å². The van der Waals surface area contributed by atoms with Crippen LogP contribution in [0.3, 0.4) is 0 Å². The first-order valence-corrected chi connectivity index (χ1v) is 5.40. The summed E-state index contributed by atoms with van der Waals surface area (Å²) in [7, 11) is 0. The Balaban J connectivity index is 2.79. The highest BCUT2D eigenvalue weighted by atomic mass is 79.9. The zero-order valence-corrected chi connectivity index (χ0v) is 8.98. The molecule has 0 aliphatic carbocycles. The summed E-state index contributed by atoms with van der Waals surface area (Å²) < 4.78 is 0. The fourth-order valence-corrected chi connectivity index (χ4v) is 1.31. The average Bonchev–Trinajstić information content (AvgIpc) is 2.15. The molecule has 12 heavy (non-hydrogen) atoms. The molecule has 1 rings (SSSR count). The van der Waals surface area contributed by atoms with Gasteiger partial charge in [-0.1, -0.05) is 52.3 Å². The second-order valence-corrected chi connectivity index (χ2v) is 3.35. The molecule has 0 unspecified atom stereocenters. The largest absolute Gasteiger partial charge is 0.122 e. The van der Waals surface area contributed by atoms with Gasteiger partial charge >= 0.3 is 0 Å². The van der Waals surface area contributed by atoms with E-state index < -0.39 is 0 Å². The van der Waals surface area contributed by atoms with Crippen molar-refractivity contribution in [3.63, 3.8) is 0 Å². The van der Waals surface area contributed by atoms with E-state index in [4.69, 9.17) is 11.6 Å². The molecule has 0 saturated heterocycles. The molecule has 0 saturated carbocycles. The molecule has 0 N–H and O–H groups in total. The monoisotopic (exact) mass is 244 g/mol. The number of benzene rings is 1. The third-order valence-corrected chi connectivity index (χ3v) is 2.19. The molecule has 2 heteroatoms. The molecule has 0 amide bonds. The van der Waals surface area contributed by atoms with Gasteiger partial charge in [0.25, 0.3) is 0 Å². The molecule has 0 aromatic heterocycles. The van der Waals surface area contributed by atoms with Crippen LogP contribution in [0, 0.1) is 0 Å². The lowest BCUT2D eigenvalue weighted by Gasteiger charge is -1.96. The zero-order valence-electron chi connectivity index (χ0n) is 6.63. The minimum absolute atomic E-state index is 0.579. The zero-order chi connectivity index (χ0) is 8.81. The standard InChI is InChI=1S/C10H10BrCl/c11-6-2-5-9-3-1-4-10(7-9)8-12/h1-5,7H,6,8H2. The van der Waals surface area contributed by atoms with Gasteiger partial charge in [-0.2, -0.15) is 0 Å². The average molecular weight is 246 g/mol. The Kier molecular flexibility index (Phi) is 4.41. The van der Waals surface area contributed by atoms with Gasteiger partial charge in [0.1, 0.15) is 0 Å². The lowest BCUT2D eigenvalue weighted by atomic mass is 10.1. The van der Waals surface area contributed by atoms with E-state index in [1.807, 2.05) is 12.1 Å². The Morgan fingerprint density at radius 2 is 2.25 bits per heavy atom. The molecule has 0 spiro atoms. The number of alkyl halides is 2. The van der Waals surface area contributed by atoms with E-state index in [1.165, 1.54) is 5.56 Å². The van der Waals surface area contributed by atoms with Crippen molar-refractivity contribution in [2.45, 2.75) is 5.88 Å². The SMILES string of the molecule is ClCc1cccc(C=CCBr)c1. The second kappa shape index (κ2) is 5.39. The maximum Gasteiger partial charge on any atom is 0.0474 e. The quantitative estimate of drug-likeness (QED) is 0.710. The van der Waals surface area contributed by atoms with E-state index in [1.54, 1.807) is 0 Å². The van der Waals surface area contributed by atoms with Crippen LogP contribution in [0.25, 0.3) is 6.08 Å². The first-order chi connectivity index (χ1) is 5.86. The van der Waals surface area contributed by atoms with Crippen LogP contribution >= 0.6 is 27.5 Å². The third-order valence-electron chi connectivity index (χ3n) is 1.50. The minimum atomic E-state index is 0.579. The van der Waals surface area contributed by atoms with Crippen LogP contribution in [0.1, 0.15) is 11.1 Å². The lowest BCUT2D eigenvalue weighted by Crippen LogP contribution is -1.78. The van der Waals surface area contributed by atoms with Gasteiger partial charge in [0, 0.05) is 11.2 Å². The lowest BCUT2D eigenvalue weighted by molar-refractivity contribution is 1.39. The van der Waals surface area contributed by atoms with Crippen molar-refractivity contribution < 1.29 is 0 Å². The molecule has 0 bridgehead atoms. The Labute approximate surface area is 86.4 Å².